The predicted octanol–water partition coefficient (Wildman–Crippen LogP) is 2.80. The standard InChI is InChI=1S/C30H41N5O7/c1-30(2,3)42-29(38)34(17-21-15-24-25(16-31-21)41-14-13-40-24)22-9-11-33(12-10-22)23(19-36)18-35-27(37)8-6-20-5-7-26(39-4)32-28(20)35/h5,7,15-16,22-23,36H,6,8-14,17-19H2,1-4H3. The topological polar surface area (TPSA) is 127 Å². The Labute approximate surface area is 246 Å². The van der Waals surface area contributed by atoms with Gasteiger partial charge in [-0.3, -0.25) is 24.5 Å². The van der Waals surface area contributed by atoms with Gasteiger partial charge in [0, 0.05) is 44.2 Å². The van der Waals surface area contributed by atoms with Crippen molar-refractivity contribution < 1.29 is 33.6 Å². The Hall–Kier alpha value is -3.64. The molecular formula is C30H41N5O7. The normalized spacial score (nSPS) is 18.3. The molecule has 5 heterocycles. The fraction of sp³-hybridized carbons (Fsp3) is 0.600. The van der Waals surface area contributed by atoms with E-state index in [2.05, 4.69) is 14.9 Å². The lowest BCUT2D eigenvalue weighted by atomic mass is 10.00. The number of fused-ring (bicyclic) bond motifs is 2. The maximum Gasteiger partial charge on any atom is 0.410 e. The number of methoxy groups -OCH3 is 1. The van der Waals surface area contributed by atoms with Crippen LogP contribution >= 0.6 is 0 Å². The van der Waals surface area contributed by atoms with Crippen molar-refractivity contribution >= 4 is 17.8 Å². The van der Waals surface area contributed by atoms with E-state index >= 15 is 0 Å². The number of hydrogen-bond donors (Lipinski definition) is 1. The molecule has 12 heteroatoms. The number of aliphatic hydroxyl groups excluding tert-OH is 1. The van der Waals surface area contributed by atoms with E-state index in [4.69, 9.17) is 18.9 Å². The largest absolute Gasteiger partial charge is 0.486 e. The van der Waals surface area contributed by atoms with Crippen LogP contribution in [-0.2, 0) is 22.5 Å². The Morgan fingerprint density at radius 1 is 1.17 bits per heavy atom. The first-order valence-electron chi connectivity index (χ1n) is 14.6. The van der Waals surface area contributed by atoms with Crippen LogP contribution in [0.1, 0.15) is 51.3 Å². The van der Waals surface area contributed by atoms with Gasteiger partial charge in [0.1, 0.15) is 24.6 Å². The van der Waals surface area contributed by atoms with Crippen molar-refractivity contribution in [1.29, 1.82) is 0 Å². The molecule has 1 saturated heterocycles. The van der Waals surface area contributed by atoms with E-state index in [0.717, 1.165) is 5.56 Å². The monoisotopic (exact) mass is 583 g/mol. The second-order valence-electron chi connectivity index (χ2n) is 11.9. The van der Waals surface area contributed by atoms with E-state index in [1.165, 1.54) is 0 Å². The molecule has 0 aromatic carbocycles. The van der Waals surface area contributed by atoms with Gasteiger partial charge in [0.2, 0.25) is 11.8 Å². The van der Waals surface area contributed by atoms with Crippen LogP contribution in [0.5, 0.6) is 17.4 Å². The summed E-state index contributed by atoms with van der Waals surface area (Å²) < 4.78 is 22.4. The molecule has 1 fully saturated rings. The smallest absolute Gasteiger partial charge is 0.410 e. The number of carbonyl (C=O) groups is 2. The summed E-state index contributed by atoms with van der Waals surface area (Å²) in [4.78, 5) is 41.0. The maximum atomic E-state index is 13.4. The number of ether oxygens (including phenoxy) is 4. The number of piperidine rings is 1. The van der Waals surface area contributed by atoms with Crippen LogP contribution in [0.25, 0.3) is 0 Å². The van der Waals surface area contributed by atoms with Crippen molar-refractivity contribution in [3.05, 3.63) is 35.7 Å². The number of anilines is 1. The highest BCUT2D eigenvalue weighted by Gasteiger charge is 2.35. The fourth-order valence-corrected chi connectivity index (χ4v) is 5.66. The Balaban J connectivity index is 1.28. The maximum absolute atomic E-state index is 13.4. The quantitative estimate of drug-likeness (QED) is 0.496. The van der Waals surface area contributed by atoms with E-state index in [9.17, 15) is 14.7 Å². The van der Waals surface area contributed by atoms with Crippen molar-refractivity contribution in [2.24, 2.45) is 0 Å². The van der Waals surface area contributed by atoms with Gasteiger partial charge in [-0.15, -0.1) is 0 Å². The average molecular weight is 584 g/mol. The molecule has 0 spiro atoms. The van der Waals surface area contributed by atoms with Crippen LogP contribution in [0.4, 0.5) is 10.6 Å². The van der Waals surface area contributed by atoms with Gasteiger partial charge in [-0.25, -0.2) is 4.79 Å². The van der Waals surface area contributed by atoms with Gasteiger partial charge in [-0.05, 0) is 51.7 Å². The highest BCUT2D eigenvalue weighted by molar-refractivity contribution is 5.95. The third kappa shape index (κ3) is 6.87. The van der Waals surface area contributed by atoms with Gasteiger partial charge in [0.05, 0.1) is 38.2 Å². The van der Waals surface area contributed by atoms with Crippen molar-refractivity contribution in [3.63, 3.8) is 0 Å². The minimum atomic E-state index is -0.647. The first-order chi connectivity index (χ1) is 20.1. The molecule has 2 aromatic heterocycles. The molecule has 1 N–H and O–H groups in total. The third-order valence-corrected chi connectivity index (χ3v) is 7.81. The Morgan fingerprint density at radius 2 is 1.90 bits per heavy atom. The molecule has 0 bridgehead atoms. The molecule has 3 aliphatic heterocycles. The van der Waals surface area contributed by atoms with E-state index in [1.54, 1.807) is 29.2 Å². The van der Waals surface area contributed by atoms with Crippen LogP contribution in [0.3, 0.4) is 0 Å². The van der Waals surface area contributed by atoms with Gasteiger partial charge >= 0.3 is 6.09 Å². The molecule has 5 rings (SSSR count). The van der Waals surface area contributed by atoms with Gasteiger partial charge < -0.3 is 24.1 Å². The molecule has 0 aliphatic carbocycles. The summed E-state index contributed by atoms with van der Waals surface area (Å²) in [6, 6.07) is 5.20. The van der Waals surface area contributed by atoms with Crippen LogP contribution in [-0.4, -0.2) is 101 Å². The van der Waals surface area contributed by atoms with E-state index in [0.29, 0.717) is 87.4 Å². The lowest BCUT2D eigenvalue weighted by Crippen LogP contribution is -2.54. The number of likely N-dealkylation sites (tertiary alicyclic amines) is 1. The minimum Gasteiger partial charge on any atom is -0.486 e. The number of rotatable bonds is 8. The SMILES string of the molecule is COc1ccc2c(n1)N(CC(CO)N1CCC(N(Cc3cc4c(cn3)OCCO4)C(=O)OC(C)(C)C)CC1)C(=O)CC2. The van der Waals surface area contributed by atoms with Crippen LogP contribution in [0.2, 0.25) is 0 Å². The third-order valence-electron chi connectivity index (χ3n) is 7.81. The molecule has 2 aromatic rings. The molecular weight excluding hydrogens is 542 g/mol. The van der Waals surface area contributed by atoms with Crippen molar-refractivity contribution in [3.8, 4) is 17.4 Å². The summed E-state index contributed by atoms with van der Waals surface area (Å²) in [5, 5.41) is 10.4. The molecule has 3 aliphatic rings. The van der Waals surface area contributed by atoms with Crippen LogP contribution < -0.4 is 19.1 Å². The number of nitrogens with zero attached hydrogens (tertiary/aromatic N) is 5. The highest BCUT2D eigenvalue weighted by atomic mass is 16.6. The van der Waals surface area contributed by atoms with E-state index in [1.807, 2.05) is 32.9 Å². The zero-order chi connectivity index (χ0) is 29.9. The summed E-state index contributed by atoms with van der Waals surface area (Å²) in [6.07, 6.45) is 3.63. The van der Waals surface area contributed by atoms with Gasteiger partial charge in [-0.1, -0.05) is 0 Å². The van der Waals surface area contributed by atoms with Crippen molar-refractivity contribution in [1.82, 2.24) is 19.8 Å². The summed E-state index contributed by atoms with van der Waals surface area (Å²) in [5.41, 5.74) is 1.03. The first-order valence-corrected chi connectivity index (χ1v) is 14.6. The second-order valence-corrected chi connectivity index (χ2v) is 11.9. The Kier molecular flexibility index (Phi) is 9.02. The van der Waals surface area contributed by atoms with Crippen LogP contribution in [0.15, 0.2) is 24.4 Å². The number of aliphatic hydroxyl groups is 1. The van der Waals surface area contributed by atoms with E-state index in [-0.39, 0.29) is 31.1 Å². The summed E-state index contributed by atoms with van der Waals surface area (Å²) in [6.45, 7) is 8.28. The number of pyridine rings is 2. The van der Waals surface area contributed by atoms with Crippen molar-refractivity contribution in [2.45, 2.75) is 70.7 Å². The summed E-state index contributed by atoms with van der Waals surface area (Å²) in [5.74, 6) is 2.25. The number of aryl methyl sites for hydroxylation is 1. The fourth-order valence-electron chi connectivity index (χ4n) is 5.66. The molecule has 1 atom stereocenters. The van der Waals surface area contributed by atoms with Gasteiger partial charge in [0.25, 0.3) is 0 Å². The van der Waals surface area contributed by atoms with Crippen molar-refractivity contribution in [2.75, 3.05) is 51.5 Å². The highest BCUT2D eigenvalue weighted by Crippen LogP contribution is 2.32. The van der Waals surface area contributed by atoms with Crippen LogP contribution in [0, 0.1) is 0 Å². The molecule has 2 amide bonds. The van der Waals surface area contributed by atoms with Gasteiger partial charge in [0.15, 0.2) is 11.5 Å². The lowest BCUT2D eigenvalue weighted by molar-refractivity contribution is -0.119. The number of hydrogen-bond acceptors (Lipinski definition) is 10. The second kappa shape index (κ2) is 12.7. The number of carbonyl (C=O) groups excluding carboxylic acids is 2. The van der Waals surface area contributed by atoms with E-state index < -0.39 is 11.7 Å². The molecule has 228 valence electrons. The summed E-state index contributed by atoms with van der Waals surface area (Å²) >= 11 is 0. The summed E-state index contributed by atoms with van der Waals surface area (Å²) in [7, 11) is 1.55. The molecule has 1 unspecified atom stereocenters. The zero-order valence-corrected chi connectivity index (χ0v) is 24.9. The number of amides is 2. The first kappa shape index (κ1) is 29.8. The molecule has 42 heavy (non-hydrogen) atoms. The van der Waals surface area contributed by atoms with Gasteiger partial charge in [-0.2, -0.15) is 4.98 Å². The average Bonchev–Trinajstić information content (AvgIpc) is 2.98. The molecule has 0 saturated carbocycles. The lowest BCUT2D eigenvalue weighted by Gasteiger charge is -2.42. The number of aromatic nitrogens is 2. The molecule has 0 radical (unpaired) electrons. The Morgan fingerprint density at radius 3 is 2.60 bits per heavy atom. The predicted molar refractivity (Wildman–Crippen MR) is 154 cm³/mol. The minimum absolute atomic E-state index is 0.0142. The molecule has 12 nitrogen and oxygen atoms in total. The Bertz CT molecular complexity index is 1280. The zero-order valence-electron chi connectivity index (χ0n) is 24.9.